The number of aromatic hydroxyl groups is 1. The van der Waals surface area contributed by atoms with Gasteiger partial charge >= 0.3 is 0 Å². The normalized spacial score (nSPS) is 11.9. The molecule has 160 valence electrons. The molecule has 29 heavy (non-hydrogen) atoms. The summed E-state index contributed by atoms with van der Waals surface area (Å²) < 4.78 is 0. The Balaban J connectivity index is 2.35. The fourth-order valence-corrected chi connectivity index (χ4v) is 4.67. The molecule has 0 saturated carbocycles. The average Bonchev–Trinajstić information content (AvgIpc) is 2.73. The molecule has 0 heterocycles. The Hall–Kier alpha value is -1.76. The van der Waals surface area contributed by atoms with Crippen molar-refractivity contribution in [2.75, 3.05) is 0 Å². The van der Waals surface area contributed by atoms with Crippen LogP contribution in [0.2, 0.25) is 0 Å². The fourth-order valence-electron chi connectivity index (χ4n) is 4.67. The maximum Gasteiger partial charge on any atom is 0.119 e. The van der Waals surface area contributed by atoms with Gasteiger partial charge in [-0.2, -0.15) is 0 Å². The molecule has 2 aromatic carbocycles. The maximum atomic E-state index is 11.0. The standard InChI is InChI=1S/C28H42O/c1-5-7-9-12-17-23(18-13-10-8-6-2)25-21-16-22-26(29)27(25)28(3,4)24-19-14-11-15-20-24/h11,14-16,19-23,29H,5-10,12-13,17-18H2,1-4H3. The minimum Gasteiger partial charge on any atom is -0.508 e. The summed E-state index contributed by atoms with van der Waals surface area (Å²) in [6.07, 6.45) is 12.9. The Labute approximate surface area is 179 Å². The second kappa shape index (κ2) is 12.1. The molecule has 0 fully saturated rings. The van der Waals surface area contributed by atoms with Gasteiger partial charge in [-0.05, 0) is 36.0 Å². The molecule has 0 aliphatic rings. The number of phenols is 1. The van der Waals surface area contributed by atoms with Crippen LogP contribution in [0, 0.1) is 0 Å². The second-order valence-corrected chi connectivity index (χ2v) is 9.13. The van der Waals surface area contributed by atoms with E-state index in [0.717, 1.165) is 5.56 Å². The van der Waals surface area contributed by atoms with Crippen molar-refractivity contribution in [3.8, 4) is 5.75 Å². The largest absolute Gasteiger partial charge is 0.508 e. The Morgan fingerprint density at radius 3 is 1.86 bits per heavy atom. The molecule has 0 aliphatic carbocycles. The number of phenolic OH excluding ortho intramolecular Hbond substituents is 1. The van der Waals surface area contributed by atoms with Crippen molar-refractivity contribution in [2.45, 2.75) is 103 Å². The van der Waals surface area contributed by atoms with Crippen LogP contribution in [0.3, 0.4) is 0 Å². The van der Waals surface area contributed by atoms with Gasteiger partial charge in [-0.1, -0.05) is 122 Å². The van der Waals surface area contributed by atoms with Gasteiger partial charge in [-0.25, -0.2) is 0 Å². The van der Waals surface area contributed by atoms with Gasteiger partial charge in [-0.3, -0.25) is 0 Å². The Morgan fingerprint density at radius 2 is 1.31 bits per heavy atom. The van der Waals surface area contributed by atoms with Gasteiger partial charge in [-0.15, -0.1) is 0 Å². The monoisotopic (exact) mass is 394 g/mol. The minimum atomic E-state index is -0.215. The van der Waals surface area contributed by atoms with Gasteiger partial charge in [0.2, 0.25) is 0 Å². The lowest BCUT2D eigenvalue weighted by molar-refractivity contribution is 0.440. The summed E-state index contributed by atoms with van der Waals surface area (Å²) in [5.74, 6) is 0.984. The van der Waals surface area contributed by atoms with E-state index in [2.05, 4.69) is 64.1 Å². The molecule has 1 nitrogen and oxygen atoms in total. The third-order valence-electron chi connectivity index (χ3n) is 6.45. The summed E-state index contributed by atoms with van der Waals surface area (Å²) in [6.45, 7) is 9.06. The molecule has 0 radical (unpaired) electrons. The highest BCUT2D eigenvalue weighted by Crippen LogP contribution is 2.43. The van der Waals surface area contributed by atoms with Crippen molar-refractivity contribution in [3.05, 3.63) is 65.2 Å². The first kappa shape index (κ1) is 23.5. The van der Waals surface area contributed by atoms with Crippen LogP contribution in [0.5, 0.6) is 5.75 Å². The van der Waals surface area contributed by atoms with Crippen LogP contribution < -0.4 is 0 Å². The van der Waals surface area contributed by atoms with Gasteiger partial charge < -0.3 is 5.11 Å². The second-order valence-electron chi connectivity index (χ2n) is 9.13. The van der Waals surface area contributed by atoms with E-state index in [1.165, 1.54) is 75.3 Å². The SMILES string of the molecule is CCCCCCC(CCCCCC)c1cccc(O)c1C(C)(C)c1ccccc1. The van der Waals surface area contributed by atoms with E-state index in [4.69, 9.17) is 0 Å². The first-order valence-electron chi connectivity index (χ1n) is 11.9. The van der Waals surface area contributed by atoms with Crippen molar-refractivity contribution in [1.29, 1.82) is 0 Å². The summed E-state index contributed by atoms with van der Waals surface area (Å²) in [5.41, 5.74) is 3.54. The van der Waals surface area contributed by atoms with Crippen LogP contribution >= 0.6 is 0 Å². The van der Waals surface area contributed by atoms with Gasteiger partial charge in [0.25, 0.3) is 0 Å². The molecule has 0 atom stereocenters. The smallest absolute Gasteiger partial charge is 0.119 e. The Morgan fingerprint density at radius 1 is 0.724 bits per heavy atom. The summed E-state index contributed by atoms with van der Waals surface area (Å²) >= 11 is 0. The first-order valence-corrected chi connectivity index (χ1v) is 11.9. The third kappa shape index (κ3) is 6.63. The molecular formula is C28H42O. The quantitative estimate of drug-likeness (QED) is 0.337. The fraction of sp³-hybridized carbons (Fsp3) is 0.571. The number of unbranched alkanes of at least 4 members (excludes halogenated alkanes) is 6. The maximum absolute atomic E-state index is 11.0. The third-order valence-corrected chi connectivity index (χ3v) is 6.45. The summed E-state index contributed by atoms with van der Waals surface area (Å²) in [4.78, 5) is 0. The molecule has 0 saturated heterocycles. The minimum absolute atomic E-state index is 0.215. The van der Waals surface area contributed by atoms with Crippen molar-refractivity contribution in [2.24, 2.45) is 0 Å². The average molecular weight is 395 g/mol. The van der Waals surface area contributed by atoms with Gasteiger partial charge in [0.05, 0.1) is 0 Å². The number of hydrogen-bond acceptors (Lipinski definition) is 1. The number of hydrogen-bond donors (Lipinski definition) is 1. The molecule has 1 heteroatoms. The van der Waals surface area contributed by atoms with Crippen molar-refractivity contribution in [1.82, 2.24) is 0 Å². The predicted octanol–water partition coefficient (Wildman–Crippen LogP) is 8.74. The van der Waals surface area contributed by atoms with Crippen molar-refractivity contribution >= 4 is 0 Å². The molecule has 2 aromatic rings. The highest BCUT2D eigenvalue weighted by molar-refractivity contribution is 5.51. The van der Waals surface area contributed by atoms with Gasteiger partial charge in [0.1, 0.15) is 5.75 Å². The van der Waals surface area contributed by atoms with Crippen LogP contribution in [-0.4, -0.2) is 5.11 Å². The van der Waals surface area contributed by atoms with Gasteiger partial charge in [0, 0.05) is 11.0 Å². The van der Waals surface area contributed by atoms with Gasteiger partial charge in [0.15, 0.2) is 0 Å². The zero-order chi connectivity index (χ0) is 21.1. The van der Waals surface area contributed by atoms with E-state index in [-0.39, 0.29) is 5.41 Å². The number of rotatable bonds is 13. The zero-order valence-corrected chi connectivity index (χ0v) is 19.2. The van der Waals surface area contributed by atoms with Crippen LogP contribution in [0.25, 0.3) is 0 Å². The van der Waals surface area contributed by atoms with Crippen LogP contribution in [0.1, 0.15) is 115 Å². The van der Waals surface area contributed by atoms with E-state index in [9.17, 15) is 5.11 Å². The highest BCUT2D eigenvalue weighted by atomic mass is 16.3. The molecular weight excluding hydrogens is 352 g/mol. The molecule has 2 rings (SSSR count). The molecule has 0 bridgehead atoms. The zero-order valence-electron chi connectivity index (χ0n) is 19.2. The molecule has 0 spiro atoms. The van der Waals surface area contributed by atoms with E-state index in [0.29, 0.717) is 11.7 Å². The Bertz CT molecular complexity index is 690. The summed E-state index contributed by atoms with van der Waals surface area (Å²) in [7, 11) is 0. The van der Waals surface area contributed by atoms with Crippen LogP contribution in [-0.2, 0) is 5.41 Å². The predicted molar refractivity (Wildman–Crippen MR) is 127 cm³/mol. The van der Waals surface area contributed by atoms with Crippen LogP contribution in [0.15, 0.2) is 48.5 Å². The summed E-state index contributed by atoms with van der Waals surface area (Å²) in [6, 6.07) is 16.8. The van der Waals surface area contributed by atoms with Crippen LogP contribution in [0.4, 0.5) is 0 Å². The van der Waals surface area contributed by atoms with E-state index in [1.54, 1.807) is 0 Å². The number of benzene rings is 2. The first-order chi connectivity index (χ1) is 14.0. The van der Waals surface area contributed by atoms with E-state index >= 15 is 0 Å². The molecule has 0 aromatic heterocycles. The lowest BCUT2D eigenvalue weighted by Gasteiger charge is -2.32. The lowest BCUT2D eigenvalue weighted by atomic mass is 9.72. The van der Waals surface area contributed by atoms with E-state index in [1.807, 2.05) is 12.1 Å². The Kier molecular flexibility index (Phi) is 9.78. The molecule has 0 aliphatic heterocycles. The molecule has 0 amide bonds. The molecule has 0 unspecified atom stereocenters. The lowest BCUT2D eigenvalue weighted by Crippen LogP contribution is -2.22. The van der Waals surface area contributed by atoms with Crippen molar-refractivity contribution < 1.29 is 5.11 Å². The van der Waals surface area contributed by atoms with Crippen molar-refractivity contribution in [3.63, 3.8) is 0 Å². The topological polar surface area (TPSA) is 20.2 Å². The highest BCUT2D eigenvalue weighted by Gasteiger charge is 2.31. The van der Waals surface area contributed by atoms with E-state index < -0.39 is 0 Å². The molecule has 1 N–H and O–H groups in total. The summed E-state index contributed by atoms with van der Waals surface area (Å²) in [5, 5.41) is 11.0.